The van der Waals surface area contributed by atoms with Gasteiger partial charge in [-0.2, -0.15) is 0 Å². The zero-order valence-corrected chi connectivity index (χ0v) is 11.0. The number of aromatic nitrogens is 2. The summed E-state index contributed by atoms with van der Waals surface area (Å²) < 4.78 is 2.16. The van der Waals surface area contributed by atoms with Gasteiger partial charge in [0.05, 0.1) is 11.9 Å². The highest BCUT2D eigenvalue weighted by molar-refractivity contribution is 5.48. The summed E-state index contributed by atoms with van der Waals surface area (Å²) in [7, 11) is 0. The fraction of sp³-hybridized carbons (Fsp3) is 0.533. The monoisotopic (exact) mass is 243 g/mol. The van der Waals surface area contributed by atoms with Crippen LogP contribution in [0.3, 0.4) is 0 Å². The molecule has 0 spiro atoms. The molecule has 3 nitrogen and oxygen atoms in total. The topological polar surface area (TPSA) is 43.3 Å². The Morgan fingerprint density at radius 1 is 1.33 bits per heavy atom. The number of nitrogens with two attached hydrogens (primary N) is 1. The molecule has 96 valence electrons. The van der Waals surface area contributed by atoms with Crippen LogP contribution in [-0.2, 0) is 0 Å². The molecule has 18 heavy (non-hydrogen) atoms. The third-order valence-corrected chi connectivity index (χ3v) is 4.26. The molecular formula is C15H21N3. The summed E-state index contributed by atoms with van der Waals surface area (Å²) in [4.78, 5) is 4.52. The van der Waals surface area contributed by atoms with Crippen molar-refractivity contribution in [2.24, 2.45) is 11.7 Å². The van der Waals surface area contributed by atoms with Crippen molar-refractivity contribution in [3.05, 3.63) is 35.8 Å². The van der Waals surface area contributed by atoms with Crippen molar-refractivity contribution in [1.29, 1.82) is 0 Å². The molecule has 0 aliphatic heterocycles. The average Bonchev–Trinajstić information content (AvgIpc) is 2.84. The number of aryl methyl sites for hydroxylation is 1. The Bertz CT molecular complexity index is 538. The van der Waals surface area contributed by atoms with Gasteiger partial charge in [0.1, 0.15) is 5.65 Å². The summed E-state index contributed by atoms with van der Waals surface area (Å²) in [5.41, 5.74) is 9.89. The molecule has 3 heteroatoms. The van der Waals surface area contributed by atoms with E-state index < -0.39 is 0 Å². The molecule has 1 fully saturated rings. The van der Waals surface area contributed by atoms with Gasteiger partial charge >= 0.3 is 0 Å². The zero-order valence-electron chi connectivity index (χ0n) is 11.0. The first-order valence-electron chi connectivity index (χ1n) is 6.95. The van der Waals surface area contributed by atoms with Crippen molar-refractivity contribution < 1.29 is 0 Å². The molecule has 0 aromatic carbocycles. The van der Waals surface area contributed by atoms with Gasteiger partial charge in [-0.1, -0.05) is 25.3 Å². The van der Waals surface area contributed by atoms with Crippen molar-refractivity contribution in [3.8, 4) is 0 Å². The highest BCUT2D eigenvalue weighted by Crippen LogP contribution is 2.33. The van der Waals surface area contributed by atoms with E-state index in [4.69, 9.17) is 5.73 Å². The van der Waals surface area contributed by atoms with Gasteiger partial charge in [0.2, 0.25) is 0 Å². The molecule has 0 amide bonds. The predicted octanol–water partition coefficient (Wildman–Crippen LogP) is 3.22. The first-order chi connectivity index (χ1) is 8.77. The molecule has 1 aliphatic rings. The predicted molar refractivity (Wildman–Crippen MR) is 73.4 cm³/mol. The minimum absolute atomic E-state index is 0.127. The van der Waals surface area contributed by atoms with Crippen LogP contribution < -0.4 is 5.73 Å². The minimum Gasteiger partial charge on any atom is -0.322 e. The molecule has 0 bridgehead atoms. The first-order valence-corrected chi connectivity index (χ1v) is 6.95. The highest BCUT2D eigenvalue weighted by Gasteiger charge is 2.24. The summed E-state index contributed by atoms with van der Waals surface area (Å²) in [5.74, 6) is 0.624. The smallest absolute Gasteiger partial charge is 0.139 e. The number of pyridine rings is 1. The third-order valence-electron chi connectivity index (χ3n) is 4.26. The highest BCUT2D eigenvalue weighted by atomic mass is 15.0. The summed E-state index contributed by atoms with van der Waals surface area (Å²) in [6, 6.07) is 4.29. The lowest BCUT2D eigenvalue weighted by Gasteiger charge is -2.27. The van der Waals surface area contributed by atoms with Crippen molar-refractivity contribution >= 4 is 5.65 Å². The number of nitrogens with zero attached hydrogens (tertiary/aromatic N) is 2. The molecule has 1 unspecified atom stereocenters. The Morgan fingerprint density at radius 2 is 2.11 bits per heavy atom. The van der Waals surface area contributed by atoms with Crippen molar-refractivity contribution in [2.75, 3.05) is 0 Å². The Morgan fingerprint density at radius 3 is 2.89 bits per heavy atom. The SMILES string of the molecule is Cc1cccn2c(C(N)C3CCCCC3)cnc12. The lowest BCUT2D eigenvalue weighted by molar-refractivity contribution is 0.304. The van der Waals surface area contributed by atoms with Gasteiger partial charge in [-0.05, 0) is 37.3 Å². The lowest BCUT2D eigenvalue weighted by atomic mass is 9.83. The van der Waals surface area contributed by atoms with E-state index in [-0.39, 0.29) is 6.04 Å². The molecule has 0 saturated heterocycles. The van der Waals surface area contributed by atoms with Crippen LogP contribution in [0.15, 0.2) is 24.5 Å². The number of hydrogen-bond donors (Lipinski definition) is 1. The maximum absolute atomic E-state index is 6.47. The van der Waals surface area contributed by atoms with Crippen LogP contribution in [0.25, 0.3) is 5.65 Å². The zero-order chi connectivity index (χ0) is 12.5. The molecule has 2 N–H and O–H groups in total. The van der Waals surface area contributed by atoms with Gasteiger partial charge in [-0.3, -0.25) is 0 Å². The number of rotatable bonds is 2. The maximum atomic E-state index is 6.47. The van der Waals surface area contributed by atoms with E-state index in [1.54, 1.807) is 0 Å². The second-order valence-corrected chi connectivity index (χ2v) is 5.49. The van der Waals surface area contributed by atoms with Crippen LogP contribution in [-0.4, -0.2) is 9.38 Å². The minimum atomic E-state index is 0.127. The van der Waals surface area contributed by atoms with Crippen LogP contribution in [0.5, 0.6) is 0 Å². The van der Waals surface area contributed by atoms with Crippen molar-refractivity contribution in [2.45, 2.75) is 45.1 Å². The van der Waals surface area contributed by atoms with Crippen LogP contribution in [0.2, 0.25) is 0 Å². The third kappa shape index (κ3) is 1.93. The molecule has 2 heterocycles. The number of hydrogen-bond acceptors (Lipinski definition) is 2. The second kappa shape index (κ2) is 4.73. The Kier molecular flexibility index (Phi) is 3.08. The van der Waals surface area contributed by atoms with E-state index in [0.717, 1.165) is 5.65 Å². The van der Waals surface area contributed by atoms with E-state index in [0.29, 0.717) is 5.92 Å². The summed E-state index contributed by atoms with van der Waals surface area (Å²) in [6.45, 7) is 2.10. The van der Waals surface area contributed by atoms with E-state index in [2.05, 4.69) is 34.6 Å². The number of imidazole rings is 1. The number of fused-ring (bicyclic) bond motifs is 1. The van der Waals surface area contributed by atoms with Crippen LogP contribution in [0, 0.1) is 12.8 Å². The lowest BCUT2D eigenvalue weighted by Crippen LogP contribution is -2.24. The van der Waals surface area contributed by atoms with Gasteiger partial charge in [-0.25, -0.2) is 4.98 Å². The molecule has 1 aliphatic carbocycles. The van der Waals surface area contributed by atoms with Crippen molar-refractivity contribution in [3.63, 3.8) is 0 Å². The largest absolute Gasteiger partial charge is 0.322 e. The fourth-order valence-corrected chi connectivity index (χ4v) is 3.15. The van der Waals surface area contributed by atoms with E-state index >= 15 is 0 Å². The molecular weight excluding hydrogens is 222 g/mol. The average molecular weight is 243 g/mol. The maximum Gasteiger partial charge on any atom is 0.139 e. The van der Waals surface area contributed by atoms with E-state index in [1.807, 2.05) is 6.20 Å². The van der Waals surface area contributed by atoms with Crippen LogP contribution >= 0.6 is 0 Å². The molecule has 1 saturated carbocycles. The molecule has 2 aromatic rings. The second-order valence-electron chi connectivity index (χ2n) is 5.49. The van der Waals surface area contributed by atoms with Gasteiger partial charge < -0.3 is 10.1 Å². The van der Waals surface area contributed by atoms with E-state index in [1.165, 1.54) is 43.4 Å². The summed E-state index contributed by atoms with van der Waals surface area (Å²) in [6.07, 6.45) is 10.6. The summed E-state index contributed by atoms with van der Waals surface area (Å²) in [5, 5.41) is 0. The first kappa shape index (κ1) is 11.7. The molecule has 1 atom stereocenters. The van der Waals surface area contributed by atoms with Gasteiger partial charge in [0.25, 0.3) is 0 Å². The Hall–Kier alpha value is -1.35. The molecule has 2 aromatic heterocycles. The van der Waals surface area contributed by atoms with E-state index in [9.17, 15) is 0 Å². The van der Waals surface area contributed by atoms with Gasteiger partial charge in [-0.15, -0.1) is 0 Å². The fourth-order valence-electron chi connectivity index (χ4n) is 3.15. The van der Waals surface area contributed by atoms with Gasteiger partial charge in [0.15, 0.2) is 0 Å². The Balaban J connectivity index is 1.96. The quantitative estimate of drug-likeness (QED) is 0.880. The Labute approximate surface area is 108 Å². The summed E-state index contributed by atoms with van der Waals surface area (Å²) >= 11 is 0. The molecule has 0 radical (unpaired) electrons. The normalized spacial score (nSPS) is 19.2. The van der Waals surface area contributed by atoms with Crippen LogP contribution in [0.4, 0.5) is 0 Å². The van der Waals surface area contributed by atoms with Crippen LogP contribution in [0.1, 0.15) is 49.4 Å². The van der Waals surface area contributed by atoms with Crippen molar-refractivity contribution in [1.82, 2.24) is 9.38 Å². The van der Waals surface area contributed by atoms with Gasteiger partial charge in [0, 0.05) is 12.2 Å². The molecule has 3 rings (SSSR count). The standard InChI is InChI=1S/C15H21N3/c1-11-6-5-9-18-13(10-17-15(11)18)14(16)12-7-3-2-4-8-12/h5-6,9-10,12,14H,2-4,7-8,16H2,1H3.